The van der Waals surface area contributed by atoms with Crippen LogP contribution in [0.5, 0.6) is 5.75 Å². The first kappa shape index (κ1) is 25.8. The minimum Gasteiger partial charge on any atom is -0.487 e. The van der Waals surface area contributed by atoms with E-state index in [4.69, 9.17) is 9.72 Å². The monoisotopic (exact) mass is 569 g/mol. The van der Waals surface area contributed by atoms with Gasteiger partial charge in [0.25, 0.3) is 5.91 Å². The number of hydrogen-bond donors (Lipinski definition) is 3. The van der Waals surface area contributed by atoms with E-state index in [0.29, 0.717) is 40.2 Å². The summed E-state index contributed by atoms with van der Waals surface area (Å²) < 4.78 is 40.2. The van der Waals surface area contributed by atoms with Gasteiger partial charge < -0.3 is 14.2 Å². The van der Waals surface area contributed by atoms with Crippen LogP contribution in [0, 0.1) is 5.95 Å². The molecule has 5 heterocycles. The van der Waals surface area contributed by atoms with Crippen LogP contribution in [-0.4, -0.2) is 53.7 Å². The normalized spacial score (nSPS) is 19.5. The van der Waals surface area contributed by atoms with Gasteiger partial charge in [0, 0.05) is 36.6 Å². The zero-order valence-electron chi connectivity index (χ0n) is 20.9. The Bertz CT molecular complexity index is 1470. The average molecular weight is 570 g/mol. The Labute approximate surface area is 230 Å². The number of pyridine rings is 1. The molecule has 6 rings (SSSR count). The summed E-state index contributed by atoms with van der Waals surface area (Å²) in [4.78, 5) is 23.7. The second-order valence-corrected chi connectivity index (χ2v) is 12.9. The molecule has 0 radical (unpaired) electrons. The van der Waals surface area contributed by atoms with Crippen LogP contribution in [0.3, 0.4) is 0 Å². The fourth-order valence-electron chi connectivity index (χ4n) is 5.06. The summed E-state index contributed by atoms with van der Waals surface area (Å²) in [5, 5.41) is 5.43. The highest BCUT2D eigenvalue weighted by Crippen LogP contribution is 2.49. The summed E-state index contributed by atoms with van der Waals surface area (Å²) >= 11 is 1.39. The molecule has 0 spiro atoms. The van der Waals surface area contributed by atoms with Crippen molar-refractivity contribution < 1.29 is 23.0 Å². The van der Waals surface area contributed by atoms with Crippen molar-refractivity contribution in [2.75, 3.05) is 28.3 Å². The van der Waals surface area contributed by atoms with Crippen molar-refractivity contribution in [3.63, 3.8) is 0 Å². The van der Waals surface area contributed by atoms with Crippen molar-refractivity contribution in [3.05, 3.63) is 89.2 Å². The number of nitrogens with zero attached hydrogens (tertiary/aromatic N) is 4. The van der Waals surface area contributed by atoms with Gasteiger partial charge in [0.2, 0.25) is 5.95 Å². The molecular weight excluding hydrogens is 541 g/mol. The maximum atomic E-state index is 13.5. The van der Waals surface area contributed by atoms with Gasteiger partial charge in [-0.1, -0.05) is 0 Å². The van der Waals surface area contributed by atoms with Crippen LogP contribution in [0.4, 0.5) is 15.2 Å². The lowest BCUT2D eigenvalue weighted by Gasteiger charge is -2.46. The van der Waals surface area contributed by atoms with E-state index in [9.17, 15) is 18.3 Å². The summed E-state index contributed by atoms with van der Waals surface area (Å²) in [7, 11) is -2.43. The van der Waals surface area contributed by atoms with E-state index in [1.165, 1.54) is 23.6 Å². The summed E-state index contributed by atoms with van der Waals surface area (Å²) in [6.07, 6.45) is 5.04. The number of nitrogens with one attached hydrogen (secondary N) is 1. The Kier molecular flexibility index (Phi) is 7.02. The van der Waals surface area contributed by atoms with E-state index in [1.807, 2.05) is 29.6 Å². The number of amides is 1. The van der Waals surface area contributed by atoms with Crippen molar-refractivity contribution >= 4 is 38.7 Å². The first-order valence-corrected chi connectivity index (χ1v) is 15.4. The number of hydrogen-bond acceptors (Lipinski definition) is 8. The number of rotatable bonds is 8. The van der Waals surface area contributed by atoms with Gasteiger partial charge in [0.05, 0.1) is 23.2 Å². The number of carbonyl (C=O) groups is 1. The second kappa shape index (κ2) is 10.6. The van der Waals surface area contributed by atoms with Crippen LogP contribution in [0.2, 0.25) is 0 Å². The average Bonchev–Trinajstić information content (AvgIpc) is 3.64. The Morgan fingerprint density at radius 2 is 2.03 bits per heavy atom. The van der Waals surface area contributed by atoms with Crippen LogP contribution < -0.4 is 15.0 Å². The Hall–Kier alpha value is -3.45. The Morgan fingerprint density at radius 3 is 2.79 bits per heavy atom. The number of carbonyl (C=O) groups excluding carboxylic acids is 1. The molecule has 0 aliphatic carbocycles. The van der Waals surface area contributed by atoms with Crippen molar-refractivity contribution in [2.45, 2.75) is 31.5 Å². The number of ether oxygens (including phenoxy) is 1. The molecular formula is C27H28FN5O4S2. The van der Waals surface area contributed by atoms with Gasteiger partial charge in [0.1, 0.15) is 17.5 Å². The summed E-state index contributed by atoms with van der Waals surface area (Å²) in [6.45, 7) is 1.25. The van der Waals surface area contributed by atoms with Gasteiger partial charge >= 0.3 is 0 Å². The molecule has 0 saturated carbocycles. The molecule has 0 bridgehead atoms. The highest BCUT2D eigenvalue weighted by atomic mass is 32.3. The van der Waals surface area contributed by atoms with E-state index in [0.717, 1.165) is 30.8 Å². The first-order chi connectivity index (χ1) is 18.8. The molecule has 2 saturated heterocycles. The zero-order chi connectivity index (χ0) is 27.0. The second-order valence-electron chi connectivity index (χ2n) is 9.76. The van der Waals surface area contributed by atoms with E-state index in [2.05, 4.69) is 15.2 Å². The summed E-state index contributed by atoms with van der Waals surface area (Å²) in [5.41, 5.74) is 3.15. The fraction of sp³-hybridized carbons (Fsp3) is 0.296. The van der Waals surface area contributed by atoms with Gasteiger partial charge in [-0.05, 0) is 66.9 Å². The van der Waals surface area contributed by atoms with Gasteiger partial charge in [-0.15, -0.1) is 11.3 Å². The SMILES string of the molecule is O=C(Nc1nc(C2CCCN2c2ccc(OC3CS(O)(O)C3)cc2)cs1)c1cccn1Cc1ccnc(F)c1. The van der Waals surface area contributed by atoms with E-state index in [-0.39, 0.29) is 18.1 Å². The topological polar surface area (TPSA) is 113 Å². The molecule has 12 heteroatoms. The molecule has 3 N–H and O–H groups in total. The number of aromatic nitrogens is 3. The number of halogens is 1. The molecule has 2 aliphatic heterocycles. The lowest BCUT2D eigenvalue weighted by atomic mass is 10.1. The summed E-state index contributed by atoms with van der Waals surface area (Å²) in [5.74, 6) is 0.473. The lowest BCUT2D eigenvalue weighted by Crippen LogP contribution is -2.41. The standard InChI is InChI=1S/C27H28FN5O4S2/c28-25-13-18(9-10-29-25)14-32-11-1-4-24(32)26(34)31-27-30-22(15-38-27)23-3-2-12-33(23)19-5-7-20(8-6-19)37-21-16-39(35,36)17-21/h1,4-11,13,15,21,23,35-36H,2-3,12,14,16-17H2,(H,30,31,34). The number of benzene rings is 1. The molecule has 3 aromatic heterocycles. The quantitative estimate of drug-likeness (QED) is 0.236. The van der Waals surface area contributed by atoms with Gasteiger partial charge in [0.15, 0.2) is 5.13 Å². The largest absolute Gasteiger partial charge is 0.487 e. The van der Waals surface area contributed by atoms with Crippen molar-refractivity contribution in [2.24, 2.45) is 0 Å². The lowest BCUT2D eigenvalue weighted by molar-refractivity contribution is 0.101. The van der Waals surface area contributed by atoms with Crippen LogP contribution in [0.25, 0.3) is 0 Å². The summed E-state index contributed by atoms with van der Waals surface area (Å²) in [6, 6.07) is 14.5. The minimum absolute atomic E-state index is 0.101. The Balaban J connectivity index is 1.10. The number of anilines is 2. The van der Waals surface area contributed by atoms with Crippen LogP contribution in [-0.2, 0) is 6.54 Å². The highest BCUT2D eigenvalue weighted by molar-refractivity contribution is 8.25. The minimum atomic E-state index is -2.43. The molecule has 1 aromatic carbocycles. The zero-order valence-corrected chi connectivity index (χ0v) is 22.6. The van der Waals surface area contributed by atoms with Crippen LogP contribution in [0.15, 0.2) is 66.3 Å². The molecule has 1 atom stereocenters. The first-order valence-electron chi connectivity index (χ1n) is 12.6. The fourth-order valence-corrected chi connectivity index (χ4v) is 7.04. The van der Waals surface area contributed by atoms with Crippen LogP contribution in [0.1, 0.15) is 40.6 Å². The molecule has 2 fully saturated rings. The molecule has 9 nitrogen and oxygen atoms in total. The number of thiazole rings is 1. The van der Waals surface area contributed by atoms with E-state index < -0.39 is 16.5 Å². The van der Waals surface area contributed by atoms with Gasteiger partial charge in [-0.25, -0.2) is 9.97 Å². The van der Waals surface area contributed by atoms with Gasteiger partial charge in [-0.2, -0.15) is 15.0 Å². The molecule has 204 valence electrons. The predicted octanol–water partition coefficient (Wildman–Crippen LogP) is 5.63. The molecule has 2 aliphatic rings. The van der Waals surface area contributed by atoms with Crippen LogP contribution >= 0.6 is 21.9 Å². The van der Waals surface area contributed by atoms with Crippen molar-refractivity contribution in [1.82, 2.24) is 14.5 Å². The molecule has 4 aromatic rings. The smallest absolute Gasteiger partial charge is 0.274 e. The van der Waals surface area contributed by atoms with Gasteiger partial charge in [-0.3, -0.25) is 19.2 Å². The third-order valence-electron chi connectivity index (χ3n) is 6.92. The van der Waals surface area contributed by atoms with E-state index >= 15 is 0 Å². The third-order valence-corrected chi connectivity index (χ3v) is 9.51. The van der Waals surface area contributed by atoms with E-state index in [1.54, 1.807) is 29.0 Å². The molecule has 39 heavy (non-hydrogen) atoms. The highest BCUT2D eigenvalue weighted by Gasteiger charge is 2.35. The molecule has 1 unspecified atom stereocenters. The molecule has 1 amide bonds. The maximum Gasteiger partial charge on any atom is 0.274 e. The predicted molar refractivity (Wildman–Crippen MR) is 151 cm³/mol. The van der Waals surface area contributed by atoms with Crippen molar-refractivity contribution in [3.8, 4) is 5.75 Å². The third kappa shape index (κ3) is 5.78. The van der Waals surface area contributed by atoms with Crippen molar-refractivity contribution in [1.29, 1.82) is 0 Å². The maximum absolute atomic E-state index is 13.5. The Morgan fingerprint density at radius 1 is 1.21 bits per heavy atom.